The normalized spacial score (nSPS) is 10.9. The van der Waals surface area contributed by atoms with E-state index in [1.807, 2.05) is 0 Å². The van der Waals surface area contributed by atoms with E-state index in [4.69, 9.17) is 23.3 Å². The first-order valence-electron chi connectivity index (χ1n) is 10.9. The first kappa shape index (κ1) is 35.5. The molecule has 0 spiro atoms. The van der Waals surface area contributed by atoms with E-state index in [1.165, 1.54) is 94.9 Å². The predicted molar refractivity (Wildman–Crippen MR) is 123 cm³/mol. The van der Waals surface area contributed by atoms with Crippen molar-refractivity contribution in [3.63, 3.8) is 0 Å². The van der Waals surface area contributed by atoms with E-state index in [1.54, 1.807) is 0 Å². The molecule has 0 fully saturated rings. The molecule has 0 aliphatic rings. The average Bonchev–Trinajstić information content (AvgIpc) is 2.60. The number of hydrogen-bond acceptors (Lipinski definition) is 4. The minimum Gasteiger partial charge on any atom is -0.726 e. The molecule has 0 aromatic rings. The minimum absolute atomic E-state index is 0. The third-order valence-electron chi connectivity index (χ3n) is 4.50. The molecule has 0 aliphatic heterocycles. The largest absolute Gasteiger partial charge is 0.726 e. The molecular weight excluding hydrogens is 400 g/mol. The molecule has 0 atom stereocenters. The lowest BCUT2D eigenvalue weighted by atomic mass is 10.1. The van der Waals surface area contributed by atoms with Crippen LogP contribution in [0.5, 0.6) is 0 Å². The summed E-state index contributed by atoms with van der Waals surface area (Å²) in [6.07, 6.45) is 13.4. The number of nitrogens with zero attached hydrogens (tertiary/aromatic N) is 1. The second kappa shape index (κ2) is 25.1. The summed E-state index contributed by atoms with van der Waals surface area (Å²) in [5.74, 6) is 0. The van der Waals surface area contributed by atoms with Gasteiger partial charge in [-0.2, -0.15) is 0 Å². The minimum atomic E-state index is -4.92. The number of halogens is 1. The van der Waals surface area contributed by atoms with Crippen LogP contribution in [-0.2, 0) is 10.4 Å². The highest BCUT2D eigenvalue weighted by Crippen LogP contribution is 2.16. The van der Waals surface area contributed by atoms with E-state index in [0.717, 1.165) is 6.54 Å². The molecule has 0 saturated carbocycles. The zero-order valence-corrected chi connectivity index (χ0v) is 20.8. The van der Waals surface area contributed by atoms with Gasteiger partial charge < -0.3 is 14.8 Å². The van der Waals surface area contributed by atoms with Gasteiger partial charge >= 0.3 is 0 Å². The van der Waals surface area contributed by atoms with Crippen LogP contribution >= 0.6 is 12.4 Å². The lowest BCUT2D eigenvalue weighted by Crippen LogP contribution is -2.50. The van der Waals surface area contributed by atoms with Crippen LogP contribution in [0.3, 0.4) is 0 Å². The summed E-state index contributed by atoms with van der Waals surface area (Å²) < 4.78 is 34.3. The van der Waals surface area contributed by atoms with Crippen molar-refractivity contribution in [3.8, 4) is 0 Å². The molecule has 0 bridgehead atoms. The van der Waals surface area contributed by atoms with Crippen molar-refractivity contribution in [2.45, 2.75) is 98.8 Å². The van der Waals surface area contributed by atoms with E-state index in [9.17, 15) is 0 Å². The first-order valence-corrected chi connectivity index (χ1v) is 12.3. The van der Waals surface area contributed by atoms with E-state index < -0.39 is 10.4 Å². The Morgan fingerprint density at radius 3 is 1.04 bits per heavy atom. The van der Waals surface area contributed by atoms with Gasteiger partial charge in [0, 0.05) is 0 Å². The summed E-state index contributed by atoms with van der Waals surface area (Å²) >= 11 is 0. The van der Waals surface area contributed by atoms with Crippen LogP contribution in [0.4, 0.5) is 0 Å². The van der Waals surface area contributed by atoms with Gasteiger partial charge in [0.2, 0.25) is 10.4 Å². The zero-order valence-electron chi connectivity index (χ0n) is 19.1. The van der Waals surface area contributed by atoms with Crippen molar-refractivity contribution in [2.75, 3.05) is 32.7 Å². The van der Waals surface area contributed by atoms with Gasteiger partial charge in [0.15, 0.2) is 0 Å². The van der Waals surface area contributed by atoms with E-state index in [-0.39, 0.29) is 12.4 Å². The summed E-state index contributed by atoms with van der Waals surface area (Å²) in [4.78, 5) is 0. The Bertz CT molecular complexity index is 335. The molecule has 0 heterocycles. The predicted octanol–water partition coefficient (Wildman–Crippen LogP) is 5.18. The smallest absolute Gasteiger partial charge is 0.215 e. The molecule has 0 rings (SSSR count). The third-order valence-corrected chi connectivity index (χ3v) is 4.50. The van der Waals surface area contributed by atoms with Crippen LogP contribution in [0.1, 0.15) is 98.8 Å². The van der Waals surface area contributed by atoms with E-state index >= 15 is 0 Å². The Morgan fingerprint density at radius 2 is 0.929 bits per heavy atom. The lowest BCUT2D eigenvalue weighted by molar-refractivity contribution is -0.929. The number of unbranched alkanes of at least 4 members (excludes halogenated alkanes) is 5. The lowest BCUT2D eigenvalue weighted by Gasteiger charge is -2.39. The molecule has 0 amide bonds. The summed E-state index contributed by atoms with van der Waals surface area (Å²) in [6, 6.07) is 0. The van der Waals surface area contributed by atoms with Crippen LogP contribution < -0.4 is 5.73 Å². The second-order valence-corrected chi connectivity index (χ2v) is 8.08. The van der Waals surface area contributed by atoms with Gasteiger partial charge in [0.25, 0.3) is 0 Å². The molecule has 3 N–H and O–H groups in total. The fourth-order valence-electron chi connectivity index (χ4n) is 2.85. The van der Waals surface area contributed by atoms with Crippen molar-refractivity contribution in [1.82, 2.24) is 0 Å². The van der Waals surface area contributed by atoms with Crippen molar-refractivity contribution in [1.29, 1.82) is 0 Å². The van der Waals surface area contributed by atoms with Gasteiger partial charge in [-0.05, 0) is 38.6 Å². The van der Waals surface area contributed by atoms with Crippen LogP contribution in [-0.4, -0.2) is 54.7 Å². The van der Waals surface area contributed by atoms with Crippen LogP contribution in [0.25, 0.3) is 0 Å². The maximum absolute atomic E-state index is 8.63. The maximum atomic E-state index is 8.63. The Labute approximate surface area is 182 Å². The highest BCUT2D eigenvalue weighted by atomic mass is 35.5. The van der Waals surface area contributed by atoms with Gasteiger partial charge in [-0.1, -0.05) is 66.7 Å². The van der Waals surface area contributed by atoms with Crippen LogP contribution in [0.15, 0.2) is 0 Å². The van der Waals surface area contributed by atoms with E-state index in [0.29, 0.717) is 0 Å². The summed E-state index contributed by atoms with van der Waals surface area (Å²) in [5, 5.41) is 0. The average molecular weight is 449 g/mol. The first-order chi connectivity index (χ1) is 12.7. The third kappa shape index (κ3) is 33.6. The number of rotatable bonds is 14. The molecule has 0 unspecified atom stereocenters. The molecular formula is C20H49ClN2O4S. The van der Waals surface area contributed by atoms with E-state index in [2.05, 4.69) is 34.6 Å². The van der Waals surface area contributed by atoms with Crippen molar-refractivity contribution in [3.05, 3.63) is 0 Å². The van der Waals surface area contributed by atoms with Crippen molar-refractivity contribution < 1.29 is 22.0 Å². The molecule has 0 aliphatic carbocycles. The number of nitrogens with two attached hydrogens (primary N) is 1. The number of quaternary nitrogens is 1. The van der Waals surface area contributed by atoms with Gasteiger partial charge in [-0.25, -0.2) is 8.42 Å². The molecule has 176 valence electrons. The van der Waals surface area contributed by atoms with Gasteiger partial charge in [0.1, 0.15) is 0 Å². The molecule has 28 heavy (non-hydrogen) atoms. The Kier molecular flexibility index (Phi) is 31.9. The maximum Gasteiger partial charge on any atom is 0.215 e. The van der Waals surface area contributed by atoms with Gasteiger partial charge in [0.05, 0.1) is 26.2 Å². The molecule has 0 radical (unpaired) electrons. The van der Waals surface area contributed by atoms with Gasteiger partial charge in [-0.3, -0.25) is 4.55 Å². The molecule has 8 heteroatoms. The summed E-state index contributed by atoms with van der Waals surface area (Å²) in [5.41, 5.74) is 5.14. The van der Waals surface area contributed by atoms with Crippen molar-refractivity contribution in [2.24, 2.45) is 5.73 Å². The zero-order chi connectivity index (χ0) is 21.6. The summed E-state index contributed by atoms with van der Waals surface area (Å²) in [6.45, 7) is 18.0. The molecule has 6 nitrogen and oxygen atoms in total. The van der Waals surface area contributed by atoms with Crippen molar-refractivity contribution >= 4 is 22.8 Å². The Hall–Kier alpha value is 0.0800. The second-order valence-electron chi connectivity index (χ2n) is 7.22. The quantitative estimate of drug-likeness (QED) is 0.216. The van der Waals surface area contributed by atoms with Crippen LogP contribution in [0.2, 0.25) is 0 Å². The fraction of sp³-hybridized carbons (Fsp3) is 1.00. The molecule has 0 aromatic carbocycles. The Balaban J connectivity index is -0.000000216. The number of hydrogen-bond donors (Lipinski definition) is 2. The highest BCUT2D eigenvalue weighted by Gasteiger charge is 2.24. The summed E-state index contributed by atoms with van der Waals surface area (Å²) in [7, 11) is -4.92. The molecule has 0 saturated heterocycles. The highest BCUT2D eigenvalue weighted by molar-refractivity contribution is 7.79. The monoisotopic (exact) mass is 448 g/mol. The van der Waals surface area contributed by atoms with Crippen LogP contribution in [0, 0.1) is 0 Å². The Morgan fingerprint density at radius 1 is 0.714 bits per heavy atom. The standard InChI is InChI=1S/C16H36N.C4H11N.ClH.H2O4S/c1-5-9-13-17(14-10-6-2,15-11-7-3)16-12-8-4;1-2-3-4-5;;1-5(2,3)4/h5-16H2,1-4H3;2-5H2,1H3;1H;(H2,1,2,3,4)/q+1;;;/p-1. The SMILES string of the molecule is CCCCN.CCCC[N+](CCCC)(CCCC)CCCC.Cl.O=S(=O)([O-])O. The topological polar surface area (TPSA) is 103 Å². The fourth-order valence-corrected chi connectivity index (χ4v) is 2.85. The van der Waals surface area contributed by atoms with Gasteiger partial charge in [-0.15, -0.1) is 12.4 Å². The molecule has 0 aromatic heterocycles.